The summed E-state index contributed by atoms with van der Waals surface area (Å²) in [7, 11) is 0. The molecule has 2 aromatic heterocycles. The summed E-state index contributed by atoms with van der Waals surface area (Å²) >= 11 is 1.70. The lowest BCUT2D eigenvalue weighted by Gasteiger charge is -2.02. The van der Waals surface area contributed by atoms with E-state index in [1.165, 1.54) is 10.9 Å². The van der Waals surface area contributed by atoms with Crippen LogP contribution in [0.2, 0.25) is 0 Å². The molecule has 0 saturated carbocycles. The molecule has 20 heavy (non-hydrogen) atoms. The summed E-state index contributed by atoms with van der Waals surface area (Å²) in [5.41, 5.74) is 8.93. The Morgan fingerprint density at radius 2 is 2.10 bits per heavy atom. The van der Waals surface area contributed by atoms with Crippen molar-refractivity contribution in [3.8, 4) is 0 Å². The Kier molecular flexibility index (Phi) is 3.60. The number of benzene rings is 1. The predicted molar refractivity (Wildman–Crippen MR) is 83.6 cm³/mol. The van der Waals surface area contributed by atoms with Crippen molar-refractivity contribution < 1.29 is 0 Å². The molecule has 102 valence electrons. The fourth-order valence-electron chi connectivity index (χ4n) is 2.22. The highest BCUT2D eigenvalue weighted by Gasteiger charge is 2.10. The zero-order valence-corrected chi connectivity index (χ0v) is 12.1. The summed E-state index contributed by atoms with van der Waals surface area (Å²) in [6, 6.07) is 10.3. The Bertz CT molecular complexity index is 736. The van der Waals surface area contributed by atoms with E-state index in [-0.39, 0.29) is 0 Å². The predicted octanol–water partition coefficient (Wildman–Crippen LogP) is 3.33. The first-order valence-corrected chi connectivity index (χ1v) is 7.55. The summed E-state index contributed by atoms with van der Waals surface area (Å²) in [6.45, 7) is 2.99. The van der Waals surface area contributed by atoms with E-state index in [0.717, 1.165) is 28.6 Å². The maximum atomic E-state index is 5.92. The molecule has 0 aliphatic heterocycles. The summed E-state index contributed by atoms with van der Waals surface area (Å²) in [4.78, 5) is 5.06. The van der Waals surface area contributed by atoms with Crippen LogP contribution in [0.1, 0.15) is 12.6 Å². The van der Waals surface area contributed by atoms with Gasteiger partial charge in [0.15, 0.2) is 0 Å². The molecule has 0 bridgehead atoms. The van der Waals surface area contributed by atoms with Crippen LogP contribution in [0.15, 0.2) is 47.6 Å². The summed E-state index contributed by atoms with van der Waals surface area (Å²) in [5, 5.41) is 5.91. The largest absolute Gasteiger partial charge is 0.397 e. The van der Waals surface area contributed by atoms with E-state index >= 15 is 0 Å². The first-order chi connectivity index (χ1) is 9.79. The highest BCUT2D eigenvalue weighted by Crippen LogP contribution is 2.29. The van der Waals surface area contributed by atoms with E-state index < -0.39 is 0 Å². The fourth-order valence-corrected chi connectivity index (χ4v) is 3.10. The molecule has 0 aliphatic rings. The first kappa shape index (κ1) is 13.0. The van der Waals surface area contributed by atoms with Crippen LogP contribution in [0.5, 0.6) is 0 Å². The Hall–Kier alpha value is -2.01. The van der Waals surface area contributed by atoms with Gasteiger partial charge < -0.3 is 5.73 Å². The number of anilines is 1. The minimum absolute atomic E-state index is 0.719. The normalized spacial score (nSPS) is 11.1. The van der Waals surface area contributed by atoms with Gasteiger partial charge in [0, 0.05) is 28.8 Å². The quantitative estimate of drug-likeness (QED) is 0.747. The van der Waals surface area contributed by atoms with Gasteiger partial charge in [0.2, 0.25) is 0 Å². The molecule has 0 radical (unpaired) electrons. The number of nitrogen functional groups attached to an aromatic ring is 1. The summed E-state index contributed by atoms with van der Waals surface area (Å²) < 4.78 is 2.04. The maximum absolute atomic E-state index is 5.92. The average molecular weight is 284 g/mol. The number of pyridine rings is 1. The van der Waals surface area contributed by atoms with E-state index in [1.54, 1.807) is 24.2 Å². The molecular weight excluding hydrogens is 268 g/mol. The molecule has 0 amide bonds. The van der Waals surface area contributed by atoms with Crippen molar-refractivity contribution in [2.75, 3.05) is 5.73 Å². The minimum atomic E-state index is 0.719. The second-order valence-electron chi connectivity index (χ2n) is 4.48. The number of aromatic nitrogens is 3. The van der Waals surface area contributed by atoms with Gasteiger partial charge in [-0.1, -0.05) is 18.2 Å². The van der Waals surface area contributed by atoms with Crippen molar-refractivity contribution in [2.45, 2.75) is 24.1 Å². The van der Waals surface area contributed by atoms with Gasteiger partial charge in [0.1, 0.15) is 0 Å². The van der Waals surface area contributed by atoms with Crippen molar-refractivity contribution in [1.29, 1.82) is 0 Å². The number of hydrogen-bond donors (Lipinski definition) is 1. The second-order valence-corrected chi connectivity index (χ2v) is 5.50. The van der Waals surface area contributed by atoms with Crippen molar-refractivity contribution in [3.05, 3.63) is 48.4 Å². The smallest absolute Gasteiger partial charge is 0.0805 e. The lowest BCUT2D eigenvalue weighted by atomic mass is 10.2. The zero-order chi connectivity index (χ0) is 13.9. The standard InChI is InChI=1S/C15H16N4S/c1-2-19-14-6-4-3-5-11(14)13(18-19)10-20-15-7-8-17-9-12(15)16/h3-9H,2,10,16H2,1H3. The van der Waals surface area contributed by atoms with Gasteiger partial charge in [0.05, 0.1) is 23.1 Å². The highest BCUT2D eigenvalue weighted by atomic mass is 32.2. The monoisotopic (exact) mass is 284 g/mol. The molecule has 0 spiro atoms. The van der Waals surface area contributed by atoms with Crippen LogP contribution < -0.4 is 5.73 Å². The Balaban J connectivity index is 1.90. The number of rotatable bonds is 4. The molecule has 0 atom stereocenters. The highest BCUT2D eigenvalue weighted by molar-refractivity contribution is 7.98. The number of para-hydroxylation sites is 1. The van der Waals surface area contributed by atoms with Gasteiger partial charge in [-0.2, -0.15) is 5.10 Å². The summed E-state index contributed by atoms with van der Waals surface area (Å²) in [6.07, 6.45) is 3.45. The Morgan fingerprint density at radius 3 is 2.90 bits per heavy atom. The van der Waals surface area contributed by atoms with Crippen LogP contribution in [0, 0.1) is 0 Å². The molecule has 5 heteroatoms. The Morgan fingerprint density at radius 1 is 1.25 bits per heavy atom. The van der Waals surface area contributed by atoms with E-state index in [9.17, 15) is 0 Å². The third-order valence-corrected chi connectivity index (χ3v) is 4.31. The molecule has 2 heterocycles. The lowest BCUT2D eigenvalue weighted by molar-refractivity contribution is 0.675. The molecule has 0 aliphatic carbocycles. The lowest BCUT2D eigenvalue weighted by Crippen LogP contribution is -1.96. The third-order valence-electron chi connectivity index (χ3n) is 3.21. The van der Waals surface area contributed by atoms with Gasteiger partial charge in [-0.3, -0.25) is 9.67 Å². The Labute approximate surface area is 122 Å². The maximum Gasteiger partial charge on any atom is 0.0805 e. The van der Waals surface area contributed by atoms with Crippen molar-refractivity contribution in [2.24, 2.45) is 0 Å². The molecule has 3 rings (SSSR count). The van der Waals surface area contributed by atoms with E-state index in [4.69, 9.17) is 10.8 Å². The number of fused-ring (bicyclic) bond motifs is 1. The SMILES string of the molecule is CCn1nc(CSc2ccncc2N)c2ccccc21. The van der Waals surface area contributed by atoms with Gasteiger partial charge in [-0.15, -0.1) is 11.8 Å². The molecular formula is C15H16N4S. The van der Waals surface area contributed by atoms with Gasteiger partial charge in [-0.05, 0) is 19.1 Å². The van der Waals surface area contributed by atoms with Gasteiger partial charge in [0.25, 0.3) is 0 Å². The van der Waals surface area contributed by atoms with Crippen molar-refractivity contribution in [3.63, 3.8) is 0 Å². The fraction of sp³-hybridized carbons (Fsp3) is 0.200. The van der Waals surface area contributed by atoms with Crippen LogP contribution >= 0.6 is 11.8 Å². The number of nitrogens with two attached hydrogens (primary N) is 1. The van der Waals surface area contributed by atoms with Crippen LogP contribution in [0.4, 0.5) is 5.69 Å². The number of thioether (sulfide) groups is 1. The molecule has 4 nitrogen and oxygen atoms in total. The molecule has 3 aromatic rings. The van der Waals surface area contributed by atoms with E-state index in [1.807, 2.05) is 16.8 Å². The first-order valence-electron chi connectivity index (χ1n) is 6.56. The molecule has 0 fully saturated rings. The van der Waals surface area contributed by atoms with Crippen molar-refractivity contribution in [1.82, 2.24) is 14.8 Å². The number of nitrogens with zero attached hydrogens (tertiary/aromatic N) is 3. The van der Waals surface area contributed by atoms with E-state index in [2.05, 4.69) is 30.1 Å². The summed E-state index contributed by atoms with van der Waals surface area (Å²) in [5.74, 6) is 0.807. The molecule has 2 N–H and O–H groups in total. The van der Waals surface area contributed by atoms with Crippen LogP contribution in [-0.4, -0.2) is 14.8 Å². The molecule has 0 unspecified atom stereocenters. The number of hydrogen-bond acceptors (Lipinski definition) is 4. The van der Waals surface area contributed by atoms with Crippen LogP contribution in [-0.2, 0) is 12.3 Å². The van der Waals surface area contributed by atoms with Crippen LogP contribution in [0.25, 0.3) is 10.9 Å². The number of aryl methyl sites for hydroxylation is 1. The topological polar surface area (TPSA) is 56.7 Å². The third kappa shape index (κ3) is 2.36. The van der Waals surface area contributed by atoms with Crippen molar-refractivity contribution >= 4 is 28.4 Å². The van der Waals surface area contributed by atoms with Crippen LogP contribution in [0.3, 0.4) is 0 Å². The average Bonchev–Trinajstić information content (AvgIpc) is 2.85. The second kappa shape index (κ2) is 5.54. The molecule has 1 aromatic carbocycles. The van der Waals surface area contributed by atoms with Gasteiger partial charge >= 0.3 is 0 Å². The van der Waals surface area contributed by atoms with E-state index in [0.29, 0.717) is 0 Å². The molecule has 0 saturated heterocycles. The zero-order valence-electron chi connectivity index (χ0n) is 11.3. The van der Waals surface area contributed by atoms with Gasteiger partial charge in [-0.25, -0.2) is 0 Å². The minimum Gasteiger partial charge on any atom is -0.397 e.